The van der Waals surface area contributed by atoms with Crippen LogP contribution in [0.2, 0.25) is 0 Å². The Morgan fingerprint density at radius 1 is 1.50 bits per heavy atom. The lowest BCUT2D eigenvalue weighted by Crippen LogP contribution is -2.31. The molecule has 1 aromatic heterocycles. The molecule has 0 aromatic carbocycles. The number of H-pyrrole nitrogens is 1. The van der Waals surface area contributed by atoms with E-state index in [1.54, 1.807) is 0 Å². The number of sulfonamides is 1. The maximum Gasteiger partial charge on any atom is 0.245 e. The van der Waals surface area contributed by atoms with Crippen LogP contribution < -0.4 is 10.2 Å². The largest absolute Gasteiger partial charge is 0.366 e. The van der Waals surface area contributed by atoms with E-state index < -0.39 is 15.5 Å². The SMILES string of the molecule is CCC(C)CNS(=O)(=O)c1c[nH]ccc1=O. The van der Waals surface area contributed by atoms with Crippen molar-refractivity contribution in [3.05, 3.63) is 28.7 Å². The van der Waals surface area contributed by atoms with Gasteiger partial charge in [-0.2, -0.15) is 0 Å². The van der Waals surface area contributed by atoms with Crippen molar-refractivity contribution < 1.29 is 8.42 Å². The van der Waals surface area contributed by atoms with Crippen LogP contribution in [0.15, 0.2) is 28.2 Å². The Morgan fingerprint density at radius 2 is 2.19 bits per heavy atom. The number of rotatable bonds is 5. The van der Waals surface area contributed by atoms with Gasteiger partial charge in [-0.25, -0.2) is 13.1 Å². The molecule has 1 heterocycles. The molecule has 0 aliphatic carbocycles. The molecule has 1 atom stereocenters. The third-order valence-corrected chi connectivity index (χ3v) is 3.84. The van der Waals surface area contributed by atoms with Crippen molar-refractivity contribution in [1.29, 1.82) is 0 Å². The van der Waals surface area contributed by atoms with Crippen molar-refractivity contribution >= 4 is 10.0 Å². The van der Waals surface area contributed by atoms with Crippen LogP contribution in [0.1, 0.15) is 20.3 Å². The van der Waals surface area contributed by atoms with E-state index in [1.807, 2.05) is 13.8 Å². The van der Waals surface area contributed by atoms with Gasteiger partial charge in [-0.1, -0.05) is 20.3 Å². The Morgan fingerprint density at radius 3 is 2.75 bits per heavy atom. The van der Waals surface area contributed by atoms with Crippen molar-refractivity contribution in [3.8, 4) is 0 Å². The summed E-state index contributed by atoms with van der Waals surface area (Å²) in [6.45, 7) is 4.26. The number of pyridine rings is 1. The van der Waals surface area contributed by atoms with Crippen LogP contribution in [-0.2, 0) is 10.0 Å². The van der Waals surface area contributed by atoms with E-state index >= 15 is 0 Å². The first-order valence-corrected chi connectivity index (χ1v) is 6.62. The molecule has 1 aromatic rings. The second-order valence-corrected chi connectivity index (χ2v) is 5.47. The first kappa shape index (κ1) is 12.9. The summed E-state index contributed by atoms with van der Waals surface area (Å²) in [4.78, 5) is 13.7. The molecule has 0 fully saturated rings. The van der Waals surface area contributed by atoms with Crippen LogP contribution in [0.5, 0.6) is 0 Å². The molecule has 0 spiro atoms. The van der Waals surface area contributed by atoms with Gasteiger partial charge in [-0.3, -0.25) is 4.79 Å². The summed E-state index contributed by atoms with van der Waals surface area (Å²) in [7, 11) is -3.69. The molecule has 0 amide bonds. The van der Waals surface area contributed by atoms with E-state index in [1.165, 1.54) is 18.5 Å². The van der Waals surface area contributed by atoms with Gasteiger partial charge >= 0.3 is 0 Å². The van der Waals surface area contributed by atoms with Crippen LogP contribution in [0.25, 0.3) is 0 Å². The number of nitrogens with one attached hydrogen (secondary N) is 2. The second-order valence-electron chi connectivity index (χ2n) is 3.74. The quantitative estimate of drug-likeness (QED) is 0.800. The summed E-state index contributed by atoms with van der Waals surface area (Å²) in [5, 5.41) is 0. The molecule has 0 radical (unpaired) electrons. The highest BCUT2D eigenvalue weighted by atomic mass is 32.2. The second kappa shape index (κ2) is 5.27. The minimum atomic E-state index is -3.69. The van der Waals surface area contributed by atoms with Gasteiger partial charge in [0.25, 0.3) is 0 Å². The Hall–Kier alpha value is -1.14. The summed E-state index contributed by atoms with van der Waals surface area (Å²) >= 11 is 0. The van der Waals surface area contributed by atoms with Crippen LogP contribution in [0, 0.1) is 5.92 Å². The van der Waals surface area contributed by atoms with E-state index in [0.717, 1.165) is 6.42 Å². The minimum Gasteiger partial charge on any atom is -0.366 e. The van der Waals surface area contributed by atoms with E-state index in [9.17, 15) is 13.2 Å². The zero-order chi connectivity index (χ0) is 12.2. The van der Waals surface area contributed by atoms with Crippen molar-refractivity contribution in [2.75, 3.05) is 6.54 Å². The Bertz CT molecular complexity index is 493. The van der Waals surface area contributed by atoms with E-state index in [0.29, 0.717) is 6.54 Å². The van der Waals surface area contributed by atoms with Gasteiger partial charge in [0.2, 0.25) is 15.5 Å². The normalized spacial score (nSPS) is 13.6. The van der Waals surface area contributed by atoms with Gasteiger partial charge in [-0.15, -0.1) is 0 Å². The molecule has 0 aliphatic rings. The Labute approximate surface area is 94.9 Å². The molecule has 1 unspecified atom stereocenters. The number of hydrogen-bond donors (Lipinski definition) is 2. The lowest BCUT2D eigenvalue weighted by molar-refractivity contribution is 0.528. The summed E-state index contributed by atoms with van der Waals surface area (Å²) < 4.78 is 25.9. The van der Waals surface area contributed by atoms with Crippen molar-refractivity contribution in [2.45, 2.75) is 25.2 Å². The van der Waals surface area contributed by atoms with Crippen molar-refractivity contribution in [1.82, 2.24) is 9.71 Å². The smallest absolute Gasteiger partial charge is 0.245 e. The van der Waals surface area contributed by atoms with E-state index in [-0.39, 0.29) is 10.8 Å². The minimum absolute atomic E-state index is 0.238. The number of aromatic amines is 1. The predicted molar refractivity (Wildman–Crippen MR) is 61.7 cm³/mol. The molecule has 90 valence electrons. The summed E-state index contributed by atoms with van der Waals surface area (Å²) in [5.74, 6) is 0.248. The van der Waals surface area contributed by atoms with Gasteiger partial charge in [0, 0.05) is 25.0 Å². The third kappa shape index (κ3) is 3.18. The monoisotopic (exact) mass is 244 g/mol. The van der Waals surface area contributed by atoms with Crippen molar-refractivity contribution in [2.24, 2.45) is 5.92 Å². The maximum atomic E-state index is 11.7. The van der Waals surface area contributed by atoms with Gasteiger partial charge < -0.3 is 4.98 Å². The fourth-order valence-corrected chi connectivity index (χ4v) is 2.30. The van der Waals surface area contributed by atoms with Gasteiger partial charge in [0.15, 0.2) is 0 Å². The van der Waals surface area contributed by atoms with Crippen LogP contribution in [0.3, 0.4) is 0 Å². The van der Waals surface area contributed by atoms with Crippen LogP contribution >= 0.6 is 0 Å². The topological polar surface area (TPSA) is 79.0 Å². The van der Waals surface area contributed by atoms with Crippen LogP contribution in [0.4, 0.5) is 0 Å². The molecule has 6 heteroatoms. The lowest BCUT2D eigenvalue weighted by Gasteiger charge is -2.10. The molecule has 16 heavy (non-hydrogen) atoms. The molecule has 0 bridgehead atoms. The zero-order valence-corrected chi connectivity index (χ0v) is 10.2. The highest BCUT2D eigenvalue weighted by Gasteiger charge is 2.17. The fraction of sp³-hybridized carbons (Fsp3) is 0.500. The molecule has 1 rings (SSSR count). The van der Waals surface area contributed by atoms with Gasteiger partial charge in [0.1, 0.15) is 4.90 Å². The summed E-state index contributed by atoms with van der Waals surface area (Å²) in [5.41, 5.74) is -0.504. The van der Waals surface area contributed by atoms with Gasteiger partial charge in [-0.05, 0) is 5.92 Å². The van der Waals surface area contributed by atoms with Crippen molar-refractivity contribution in [3.63, 3.8) is 0 Å². The van der Waals surface area contributed by atoms with E-state index in [4.69, 9.17) is 0 Å². The molecule has 2 N–H and O–H groups in total. The molecule has 0 aliphatic heterocycles. The fourth-order valence-electron chi connectivity index (χ4n) is 1.08. The molecule has 0 saturated heterocycles. The standard InChI is InChI=1S/C10H16N2O3S/c1-3-8(2)6-12-16(14,15)10-7-11-5-4-9(10)13/h4-5,7-8,12H,3,6H2,1-2H3,(H,11,13). The third-order valence-electron chi connectivity index (χ3n) is 2.40. The lowest BCUT2D eigenvalue weighted by atomic mass is 10.1. The molecule has 0 saturated carbocycles. The summed E-state index contributed by atoms with van der Waals surface area (Å²) in [6.07, 6.45) is 3.48. The highest BCUT2D eigenvalue weighted by molar-refractivity contribution is 7.89. The van der Waals surface area contributed by atoms with Crippen LogP contribution in [-0.4, -0.2) is 19.9 Å². The summed E-state index contributed by atoms with van der Waals surface area (Å²) in [6, 6.07) is 1.19. The number of hydrogen-bond acceptors (Lipinski definition) is 3. The predicted octanol–water partition coefficient (Wildman–Crippen LogP) is 0.699. The molecular formula is C10H16N2O3S. The first-order chi connectivity index (χ1) is 7.47. The number of aromatic nitrogens is 1. The highest BCUT2D eigenvalue weighted by Crippen LogP contribution is 2.03. The zero-order valence-electron chi connectivity index (χ0n) is 9.36. The average Bonchev–Trinajstić information content (AvgIpc) is 2.26. The maximum absolute atomic E-state index is 11.7. The first-order valence-electron chi connectivity index (χ1n) is 5.14. The van der Waals surface area contributed by atoms with E-state index in [2.05, 4.69) is 9.71 Å². The Kier molecular flexibility index (Phi) is 4.26. The average molecular weight is 244 g/mol. The Balaban J connectivity index is 2.87. The van der Waals surface area contributed by atoms with Gasteiger partial charge in [0.05, 0.1) is 0 Å². The molecule has 5 nitrogen and oxygen atoms in total. The molecular weight excluding hydrogens is 228 g/mol.